The van der Waals surface area contributed by atoms with Crippen LogP contribution < -0.4 is 9.43 Å². The molecule has 2 aromatic carbocycles. The number of thiophene rings is 2. The lowest BCUT2D eigenvalue weighted by molar-refractivity contribution is 0.337. The van der Waals surface area contributed by atoms with Gasteiger partial charge in [-0.2, -0.15) is 0 Å². The van der Waals surface area contributed by atoms with Crippen molar-refractivity contribution in [3.05, 3.63) is 58.7 Å². The Hall–Kier alpha value is -2.09. The van der Waals surface area contributed by atoms with Crippen LogP contribution in [0.1, 0.15) is 103 Å². The van der Waals surface area contributed by atoms with Gasteiger partial charge in [-0.1, -0.05) is 79.7 Å². The SMILES string of the molecule is CC(C)CC1(CC(C)C)c2cc(OBO)sc2-c2ccc3c4c(ccc3c21)-c1sc(B(O)O)cc1C4(CC(C)C)CC(C)C. The molecule has 44 heavy (non-hydrogen) atoms. The molecule has 2 aromatic heterocycles. The van der Waals surface area contributed by atoms with Crippen LogP contribution in [0.15, 0.2) is 36.4 Å². The van der Waals surface area contributed by atoms with E-state index in [0.29, 0.717) is 28.4 Å². The van der Waals surface area contributed by atoms with E-state index in [9.17, 15) is 15.1 Å². The number of benzene rings is 2. The molecule has 0 fully saturated rings. The normalized spacial score (nSPS) is 15.8. The molecule has 3 N–H and O–H groups in total. The predicted octanol–water partition coefficient (Wildman–Crippen LogP) is 8.00. The van der Waals surface area contributed by atoms with Gasteiger partial charge < -0.3 is 19.7 Å². The Bertz CT molecular complexity index is 1680. The van der Waals surface area contributed by atoms with Crippen LogP contribution in [-0.4, -0.2) is 29.9 Å². The van der Waals surface area contributed by atoms with Gasteiger partial charge in [-0.05, 0) is 106 Å². The maximum Gasteiger partial charge on any atom is 0.504 e. The molecule has 0 saturated heterocycles. The van der Waals surface area contributed by atoms with Crippen molar-refractivity contribution in [1.29, 1.82) is 0 Å². The number of hydrogen-bond donors (Lipinski definition) is 3. The molecule has 6 rings (SSSR count). The molecule has 8 heteroatoms. The summed E-state index contributed by atoms with van der Waals surface area (Å²) < 4.78 is 6.29. The van der Waals surface area contributed by atoms with E-state index in [4.69, 9.17) is 4.65 Å². The average Bonchev–Trinajstić information content (AvgIpc) is 3.64. The molecule has 0 bridgehead atoms. The fourth-order valence-electron chi connectivity index (χ4n) is 9.04. The second-order valence-corrected chi connectivity index (χ2v) is 17.1. The zero-order valence-electron chi connectivity index (χ0n) is 27.5. The van der Waals surface area contributed by atoms with E-state index in [1.807, 2.05) is 0 Å². The Balaban J connectivity index is 1.71. The lowest BCUT2D eigenvalue weighted by Gasteiger charge is -2.38. The summed E-state index contributed by atoms with van der Waals surface area (Å²) in [5.41, 5.74) is 7.74. The first-order valence-electron chi connectivity index (χ1n) is 16.3. The minimum Gasteiger partial charge on any atom is -0.531 e. The van der Waals surface area contributed by atoms with Crippen molar-refractivity contribution in [2.24, 2.45) is 23.7 Å². The fraction of sp³-hybridized carbons (Fsp3) is 0.500. The first-order valence-corrected chi connectivity index (χ1v) is 18.0. The summed E-state index contributed by atoms with van der Waals surface area (Å²) in [6.45, 7) is 18.6. The quantitative estimate of drug-likeness (QED) is 0.147. The number of hydrogen-bond acceptors (Lipinski definition) is 6. The minimum absolute atomic E-state index is 0.148. The molecule has 0 unspecified atom stereocenters. The predicted molar refractivity (Wildman–Crippen MR) is 190 cm³/mol. The van der Waals surface area contributed by atoms with Gasteiger partial charge in [0.15, 0.2) is 5.06 Å². The topological polar surface area (TPSA) is 69.9 Å². The van der Waals surface area contributed by atoms with Crippen molar-refractivity contribution in [1.82, 2.24) is 0 Å². The van der Waals surface area contributed by atoms with Crippen molar-refractivity contribution in [3.8, 4) is 25.9 Å². The second-order valence-electron chi connectivity index (χ2n) is 15.0. The summed E-state index contributed by atoms with van der Waals surface area (Å²) in [7, 11) is -1.77. The van der Waals surface area contributed by atoms with Crippen LogP contribution in [0.2, 0.25) is 0 Å². The summed E-state index contributed by atoms with van der Waals surface area (Å²) >= 11 is 3.21. The molecule has 2 aliphatic rings. The monoisotopic (exact) mass is 628 g/mol. The Kier molecular flexibility index (Phi) is 8.41. The van der Waals surface area contributed by atoms with Crippen LogP contribution in [0.4, 0.5) is 0 Å². The smallest absolute Gasteiger partial charge is 0.504 e. The molecule has 2 aliphatic carbocycles. The van der Waals surface area contributed by atoms with Crippen molar-refractivity contribution >= 4 is 53.0 Å². The molecule has 4 nitrogen and oxygen atoms in total. The molecular weight excluding hydrogens is 582 g/mol. The molecule has 0 amide bonds. The summed E-state index contributed by atoms with van der Waals surface area (Å²) in [6.07, 6.45) is 4.12. The molecule has 0 radical (unpaired) electrons. The van der Waals surface area contributed by atoms with Crippen LogP contribution in [0.3, 0.4) is 0 Å². The van der Waals surface area contributed by atoms with Gasteiger partial charge in [-0.15, -0.1) is 22.7 Å². The van der Waals surface area contributed by atoms with Gasteiger partial charge in [0.25, 0.3) is 0 Å². The zero-order valence-corrected chi connectivity index (χ0v) is 29.1. The maximum atomic E-state index is 10.2. The van der Waals surface area contributed by atoms with Gasteiger partial charge in [-0.25, -0.2) is 0 Å². The van der Waals surface area contributed by atoms with Gasteiger partial charge in [0.1, 0.15) is 0 Å². The van der Waals surface area contributed by atoms with Crippen LogP contribution in [0.25, 0.3) is 31.7 Å². The van der Waals surface area contributed by atoms with E-state index in [1.165, 1.54) is 53.9 Å². The molecule has 2 heterocycles. The largest absolute Gasteiger partial charge is 0.531 e. The van der Waals surface area contributed by atoms with Gasteiger partial charge >= 0.3 is 14.8 Å². The molecule has 232 valence electrons. The second kappa shape index (κ2) is 11.6. The highest BCUT2D eigenvalue weighted by Gasteiger charge is 2.50. The third-order valence-electron chi connectivity index (χ3n) is 9.63. The summed E-state index contributed by atoms with van der Waals surface area (Å²) in [5.74, 6) is 1.93. The van der Waals surface area contributed by atoms with Crippen LogP contribution in [-0.2, 0) is 10.8 Å². The lowest BCUT2D eigenvalue weighted by atomic mass is 9.65. The Labute approximate surface area is 272 Å². The Morgan fingerprint density at radius 2 is 1.11 bits per heavy atom. The third kappa shape index (κ3) is 4.91. The molecule has 0 spiro atoms. The zero-order chi connectivity index (χ0) is 31.7. The van der Waals surface area contributed by atoms with E-state index in [0.717, 1.165) is 30.7 Å². The number of rotatable bonds is 11. The molecular formula is C36H46B2O4S2. The Morgan fingerprint density at radius 3 is 1.52 bits per heavy atom. The molecule has 0 saturated carbocycles. The van der Waals surface area contributed by atoms with E-state index in [-0.39, 0.29) is 18.5 Å². The van der Waals surface area contributed by atoms with E-state index < -0.39 is 7.12 Å². The molecule has 0 atom stereocenters. The third-order valence-corrected chi connectivity index (χ3v) is 11.9. The van der Waals surface area contributed by atoms with Crippen LogP contribution in [0, 0.1) is 23.7 Å². The number of fused-ring (bicyclic) bond motifs is 9. The van der Waals surface area contributed by atoms with Crippen molar-refractivity contribution in [2.45, 2.75) is 91.9 Å². The first-order chi connectivity index (χ1) is 20.8. The fourth-order valence-corrected chi connectivity index (χ4v) is 11.3. The van der Waals surface area contributed by atoms with Gasteiger partial charge in [0, 0.05) is 25.4 Å². The van der Waals surface area contributed by atoms with Gasteiger partial charge in [-0.3, -0.25) is 0 Å². The first kappa shape index (κ1) is 31.9. The molecule has 0 aliphatic heterocycles. The highest BCUT2D eigenvalue weighted by molar-refractivity contribution is 7.25. The van der Waals surface area contributed by atoms with E-state index in [1.54, 1.807) is 22.7 Å². The summed E-state index contributed by atoms with van der Waals surface area (Å²) in [6, 6.07) is 13.7. The van der Waals surface area contributed by atoms with E-state index in [2.05, 4.69) is 91.8 Å². The standard InChI is InChI=1S/C36H46B2O4S2/c1-19(2)15-35(16-20(3)4)27-13-29(38(40)41)43-33(27)25-11-9-24-23(31(25)35)10-12-26-32(24)36(17-21(5)6,18-22(7)8)28-14-30(42-37-39)44-34(26)28/h9-14,19-22,37,39-41H,15-18H2,1-8H3. The minimum atomic E-state index is -1.46. The van der Waals surface area contributed by atoms with E-state index >= 15 is 0 Å². The van der Waals surface area contributed by atoms with Crippen molar-refractivity contribution < 1.29 is 19.7 Å². The van der Waals surface area contributed by atoms with Crippen molar-refractivity contribution in [2.75, 3.05) is 0 Å². The average molecular weight is 629 g/mol. The van der Waals surface area contributed by atoms with Gasteiger partial charge in [0.2, 0.25) is 0 Å². The summed E-state index contributed by atoms with van der Waals surface area (Å²) in [4.78, 5) is 2.48. The molecule has 4 aromatic rings. The lowest BCUT2D eigenvalue weighted by Crippen LogP contribution is -2.32. The maximum absolute atomic E-state index is 10.2. The van der Waals surface area contributed by atoms with Crippen LogP contribution >= 0.6 is 22.7 Å². The Morgan fingerprint density at radius 1 is 0.682 bits per heavy atom. The van der Waals surface area contributed by atoms with Crippen molar-refractivity contribution in [3.63, 3.8) is 0 Å². The highest BCUT2D eigenvalue weighted by atomic mass is 32.1. The highest BCUT2D eigenvalue weighted by Crippen LogP contribution is 2.63. The summed E-state index contributed by atoms with van der Waals surface area (Å²) in [5, 5.41) is 33.5. The van der Waals surface area contributed by atoms with Gasteiger partial charge in [0.05, 0.1) is 0 Å². The van der Waals surface area contributed by atoms with Crippen LogP contribution in [0.5, 0.6) is 5.06 Å².